The fourth-order valence-electron chi connectivity index (χ4n) is 3.50. The van der Waals surface area contributed by atoms with E-state index in [-0.39, 0.29) is 12.1 Å². The van der Waals surface area contributed by atoms with Gasteiger partial charge in [-0.05, 0) is 58.3 Å². The lowest BCUT2D eigenvalue weighted by atomic mass is 9.96. The smallest absolute Gasteiger partial charge is 0.193 e. The van der Waals surface area contributed by atoms with Crippen molar-refractivity contribution in [3.05, 3.63) is 35.4 Å². The highest BCUT2D eigenvalue weighted by molar-refractivity contribution is 5.79. The SMILES string of the molecule is CCNC(=NCC(c1c(F)cccc1F)N(C)C)N(C)CCC1CCOCC1. The molecule has 0 spiro atoms. The Labute approximate surface area is 167 Å². The molecule has 1 unspecified atom stereocenters. The predicted octanol–water partition coefficient (Wildman–Crippen LogP) is 3.28. The molecule has 2 rings (SSSR count). The molecule has 158 valence electrons. The molecule has 1 N–H and O–H groups in total. The predicted molar refractivity (Wildman–Crippen MR) is 110 cm³/mol. The van der Waals surface area contributed by atoms with Crippen molar-refractivity contribution in [3.63, 3.8) is 0 Å². The molecule has 1 atom stereocenters. The first-order chi connectivity index (χ1) is 13.4. The highest BCUT2D eigenvalue weighted by atomic mass is 19.1. The quantitative estimate of drug-likeness (QED) is 0.541. The molecule has 0 aromatic heterocycles. The summed E-state index contributed by atoms with van der Waals surface area (Å²) in [6.07, 6.45) is 3.30. The maximum absolute atomic E-state index is 14.3. The third-order valence-corrected chi connectivity index (χ3v) is 5.28. The number of halogens is 2. The van der Waals surface area contributed by atoms with Crippen LogP contribution in [0, 0.1) is 17.6 Å². The Bertz CT molecular complexity index is 613. The summed E-state index contributed by atoms with van der Waals surface area (Å²) in [5, 5.41) is 3.29. The van der Waals surface area contributed by atoms with Gasteiger partial charge in [-0.3, -0.25) is 4.99 Å². The van der Waals surface area contributed by atoms with E-state index in [1.54, 1.807) is 4.90 Å². The van der Waals surface area contributed by atoms with Crippen molar-refractivity contribution in [1.82, 2.24) is 15.1 Å². The number of guanidine groups is 1. The minimum atomic E-state index is -0.535. The van der Waals surface area contributed by atoms with E-state index in [2.05, 4.69) is 15.2 Å². The number of rotatable bonds is 8. The van der Waals surface area contributed by atoms with Crippen LogP contribution < -0.4 is 5.32 Å². The minimum Gasteiger partial charge on any atom is -0.381 e. The Morgan fingerprint density at radius 1 is 1.21 bits per heavy atom. The van der Waals surface area contributed by atoms with Crippen LogP contribution in [0.5, 0.6) is 0 Å². The standard InChI is InChI=1S/C21H34F2N4O/c1-5-24-21(27(4)12-9-16-10-13-28-14-11-16)25-15-19(26(2)3)20-17(22)7-6-8-18(20)23/h6-8,16,19H,5,9-15H2,1-4H3,(H,24,25). The lowest BCUT2D eigenvalue weighted by molar-refractivity contribution is 0.0625. The number of ether oxygens (including phenoxy) is 1. The summed E-state index contributed by atoms with van der Waals surface area (Å²) in [6.45, 7) is 5.61. The van der Waals surface area contributed by atoms with Gasteiger partial charge < -0.3 is 19.9 Å². The Morgan fingerprint density at radius 3 is 2.43 bits per heavy atom. The van der Waals surface area contributed by atoms with Crippen molar-refractivity contribution in [2.24, 2.45) is 10.9 Å². The molecule has 0 amide bonds. The van der Waals surface area contributed by atoms with Gasteiger partial charge in [-0.15, -0.1) is 0 Å². The van der Waals surface area contributed by atoms with Crippen LogP contribution in [0.25, 0.3) is 0 Å². The van der Waals surface area contributed by atoms with Crippen LogP contribution in [0.3, 0.4) is 0 Å². The molecule has 28 heavy (non-hydrogen) atoms. The van der Waals surface area contributed by atoms with Gasteiger partial charge in [0.15, 0.2) is 5.96 Å². The van der Waals surface area contributed by atoms with Gasteiger partial charge in [0.2, 0.25) is 0 Å². The summed E-state index contributed by atoms with van der Waals surface area (Å²) in [6, 6.07) is 3.50. The summed E-state index contributed by atoms with van der Waals surface area (Å²) in [5.74, 6) is 0.373. The number of likely N-dealkylation sites (N-methyl/N-ethyl adjacent to an activating group) is 1. The molecule has 1 aliphatic rings. The lowest BCUT2D eigenvalue weighted by Gasteiger charge is -2.28. The van der Waals surface area contributed by atoms with E-state index in [0.717, 1.165) is 51.5 Å². The van der Waals surface area contributed by atoms with E-state index < -0.39 is 17.7 Å². The molecule has 5 nitrogen and oxygen atoms in total. The second-order valence-corrected chi connectivity index (χ2v) is 7.58. The number of nitrogens with one attached hydrogen (secondary N) is 1. The number of hydrogen-bond donors (Lipinski definition) is 1. The topological polar surface area (TPSA) is 40.1 Å². The molecule has 0 saturated carbocycles. The molecule has 7 heteroatoms. The van der Waals surface area contributed by atoms with Crippen LogP contribution in [-0.2, 0) is 4.74 Å². The van der Waals surface area contributed by atoms with E-state index in [9.17, 15) is 8.78 Å². The summed E-state index contributed by atoms with van der Waals surface area (Å²) in [4.78, 5) is 8.59. The molecule has 0 aliphatic carbocycles. The van der Waals surface area contributed by atoms with E-state index in [4.69, 9.17) is 4.74 Å². The number of benzene rings is 1. The zero-order valence-electron chi connectivity index (χ0n) is 17.5. The second kappa shape index (κ2) is 11.3. The Morgan fingerprint density at radius 2 is 1.86 bits per heavy atom. The lowest BCUT2D eigenvalue weighted by Crippen LogP contribution is -2.40. The van der Waals surface area contributed by atoms with Crippen molar-refractivity contribution in [2.75, 3.05) is 54.0 Å². The maximum atomic E-state index is 14.3. The average molecular weight is 397 g/mol. The molecule has 1 heterocycles. The van der Waals surface area contributed by atoms with Crippen molar-refractivity contribution in [3.8, 4) is 0 Å². The third kappa shape index (κ3) is 6.41. The molecule has 0 bridgehead atoms. The number of aliphatic imine (C=N–C) groups is 1. The highest BCUT2D eigenvalue weighted by Gasteiger charge is 2.22. The largest absolute Gasteiger partial charge is 0.381 e. The van der Waals surface area contributed by atoms with Gasteiger partial charge in [0.05, 0.1) is 12.6 Å². The first-order valence-electron chi connectivity index (χ1n) is 10.1. The zero-order chi connectivity index (χ0) is 20.5. The third-order valence-electron chi connectivity index (χ3n) is 5.28. The first kappa shape index (κ1) is 22.6. The molecule has 0 radical (unpaired) electrons. The molecule has 1 aromatic carbocycles. The van der Waals surface area contributed by atoms with Crippen LogP contribution in [0.4, 0.5) is 8.78 Å². The van der Waals surface area contributed by atoms with Crippen LogP contribution in [0.15, 0.2) is 23.2 Å². The van der Waals surface area contributed by atoms with Gasteiger partial charge in [-0.1, -0.05) is 6.07 Å². The van der Waals surface area contributed by atoms with Crippen molar-refractivity contribution < 1.29 is 13.5 Å². The van der Waals surface area contributed by atoms with E-state index in [1.165, 1.54) is 18.2 Å². The Balaban J connectivity index is 2.07. The van der Waals surface area contributed by atoms with Crippen LogP contribution >= 0.6 is 0 Å². The van der Waals surface area contributed by atoms with Crippen LogP contribution in [0.1, 0.15) is 37.8 Å². The van der Waals surface area contributed by atoms with E-state index in [1.807, 2.05) is 28.1 Å². The van der Waals surface area contributed by atoms with Crippen molar-refractivity contribution in [2.45, 2.75) is 32.2 Å². The molecular formula is C21H34F2N4O. The monoisotopic (exact) mass is 396 g/mol. The summed E-state index contributed by atoms with van der Waals surface area (Å²) < 4.78 is 34.0. The molecule has 1 fully saturated rings. The fraction of sp³-hybridized carbons (Fsp3) is 0.667. The Hall–Kier alpha value is -1.73. The average Bonchev–Trinajstić information content (AvgIpc) is 2.67. The first-order valence-corrected chi connectivity index (χ1v) is 10.1. The number of nitrogens with zero attached hydrogens (tertiary/aromatic N) is 3. The minimum absolute atomic E-state index is 0.0666. The van der Waals surface area contributed by atoms with Gasteiger partial charge in [0.25, 0.3) is 0 Å². The summed E-state index contributed by atoms with van der Waals surface area (Å²) >= 11 is 0. The molecule has 1 aliphatic heterocycles. The summed E-state index contributed by atoms with van der Waals surface area (Å²) in [7, 11) is 5.64. The Kier molecular flexibility index (Phi) is 9.12. The molecule has 1 aromatic rings. The highest BCUT2D eigenvalue weighted by Crippen LogP contribution is 2.25. The van der Waals surface area contributed by atoms with Gasteiger partial charge in [0.1, 0.15) is 11.6 Å². The van der Waals surface area contributed by atoms with Crippen molar-refractivity contribution >= 4 is 5.96 Å². The van der Waals surface area contributed by atoms with Crippen LogP contribution in [-0.4, -0.2) is 69.8 Å². The van der Waals surface area contributed by atoms with Gasteiger partial charge in [0, 0.05) is 38.9 Å². The molecular weight excluding hydrogens is 362 g/mol. The van der Waals surface area contributed by atoms with Gasteiger partial charge in [-0.2, -0.15) is 0 Å². The molecule has 1 saturated heterocycles. The maximum Gasteiger partial charge on any atom is 0.193 e. The van der Waals surface area contributed by atoms with Gasteiger partial charge >= 0.3 is 0 Å². The number of hydrogen-bond acceptors (Lipinski definition) is 3. The van der Waals surface area contributed by atoms with Gasteiger partial charge in [-0.25, -0.2) is 8.78 Å². The van der Waals surface area contributed by atoms with E-state index >= 15 is 0 Å². The van der Waals surface area contributed by atoms with E-state index in [0.29, 0.717) is 5.92 Å². The van der Waals surface area contributed by atoms with Crippen LogP contribution in [0.2, 0.25) is 0 Å². The fourth-order valence-corrected chi connectivity index (χ4v) is 3.50. The second-order valence-electron chi connectivity index (χ2n) is 7.58. The zero-order valence-corrected chi connectivity index (χ0v) is 17.5. The van der Waals surface area contributed by atoms with Crippen molar-refractivity contribution in [1.29, 1.82) is 0 Å². The summed E-state index contributed by atoms with van der Waals surface area (Å²) in [5.41, 5.74) is 0.0666. The normalized spacial score (nSPS) is 17.0.